The summed E-state index contributed by atoms with van der Waals surface area (Å²) < 4.78 is 5.92. The predicted molar refractivity (Wildman–Crippen MR) is 102 cm³/mol. The highest BCUT2D eigenvalue weighted by Gasteiger charge is 2.49. The number of nitrogens with zero attached hydrogens (tertiary/aromatic N) is 1. The van der Waals surface area contributed by atoms with Gasteiger partial charge in [0.1, 0.15) is 6.10 Å². The molecular formula is C22H33NO2. The van der Waals surface area contributed by atoms with Gasteiger partial charge in [-0.1, -0.05) is 37.5 Å². The van der Waals surface area contributed by atoms with Crippen LogP contribution in [0.3, 0.4) is 0 Å². The second kappa shape index (κ2) is 7.11. The molecule has 1 aromatic rings. The maximum atomic E-state index is 12.5. The fraction of sp³-hybridized carbons (Fsp3) is 0.682. The topological polar surface area (TPSA) is 29.5 Å². The molecule has 2 fully saturated rings. The predicted octanol–water partition coefficient (Wildman–Crippen LogP) is 5.20. The molecule has 138 valence electrons. The molecule has 0 aromatic heterocycles. The standard InChI is InChI=1S/C22H33NO2/c1-21(2)15-19(25-20(24)17-11-7-5-8-12-17)16-22(3,4)23(21)18-13-9-6-10-14-18/h5,7-8,11-12,18-19H,6,9-10,13-16H2,1-4H3. The number of carbonyl (C=O) groups excluding carboxylic acids is 1. The van der Waals surface area contributed by atoms with Crippen molar-refractivity contribution in [3.8, 4) is 0 Å². The number of piperidine rings is 1. The van der Waals surface area contributed by atoms with E-state index in [9.17, 15) is 4.79 Å². The average molecular weight is 344 g/mol. The van der Waals surface area contributed by atoms with Crippen molar-refractivity contribution in [3.63, 3.8) is 0 Å². The lowest BCUT2D eigenvalue weighted by Gasteiger charge is -2.58. The summed E-state index contributed by atoms with van der Waals surface area (Å²) in [6.45, 7) is 9.30. The van der Waals surface area contributed by atoms with Gasteiger partial charge < -0.3 is 4.74 Å². The first-order chi connectivity index (χ1) is 11.8. The third kappa shape index (κ3) is 4.08. The van der Waals surface area contributed by atoms with Crippen molar-refractivity contribution in [3.05, 3.63) is 35.9 Å². The Kier molecular flexibility index (Phi) is 5.24. The van der Waals surface area contributed by atoms with Crippen LogP contribution in [0.4, 0.5) is 0 Å². The van der Waals surface area contributed by atoms with Gasteiger partial charge in [-0.05, 0) is 52.7 Å². The van der Waals surface area contributed by atoms with Crippen LogP contribution < -0.4 is 0 Å². The molecule has 1 aliphatic carbocycles. The maximum absolute atomic E-state index is 12.5. The van der Waals surface area contributed by atoms with Gasteiger partial charge in [-0.25, -0.2) is 4.79 Å². The number of benzene rings is 1. The Morgan fingerprint density at radius 1 is 0.960 bits per heavy atom. The summed E-state index contributed by atoms with van der Waals surface area (Å²) in [5.74, 6) is -0.191. The molecule has 1 aromatic carbocycles. The highest BCUT2D eigenvalue weighted by molar-refractivity contribution is 5.89. The van der Waals surface area contributed by atoms with Crippen molar-refractivity contribution in [1.29, 1.82) is 0 Å². The minimum atomic E-state index is -0.191. The van der Waals surface area contributed by atoms with Gasteiger partial charge in [0, 0.05) is 30.0 Å². The molecule has 1 heterocycles. The van der Waals surface area contributed by atoms with Gasteiger partial charge in [-0.3, -0.25) is 4.90 Å². The molecule has 0 amide bonds. The van der Waals surface area contributed by atoms with E-state index in [1.807, 2.05) is 30.3 Å². The normalized spacial score (nSPS) is 24.8. The molecule has 0 radical (unpaired) electrons. The Morgan fingerprint density at radius 2 is 1.52 bits per heavy atom. The molecule has 0 unspecified atom stereocenters. The lowest BCUT2D eigenvalue weighted by molar-refractivity contribution is -0.114. The van der Waals surface area contributed by atoms with E-state index in [0.29, 0.717) is 11.6 Å². The molecular weight excluding hydrogens is 310 g/mol. The first kappa shape index (κ1) is 18.4. The van der Waals surface area contributed by atoms with E-state index in [1.165, 1.54) is 32.1 Å². The van der Waals surface area contributed by atoms with Crippen LogP contribution in [0.15, 0.2) is 30.3 Å². The summed E-state index contributed by atoms with van der Waals surface area (Å²) in [7, 11) is 0. The number of carbonyl (C=O) groups is 1. The van der Waals surface area contributed by atoms with E-state index in [2.05, 4.69) is 32.6 Å². The molecule has 0 atom stereocenters. The largest absolute Gasteiger partial charge is 0.459 e. The van der Waals surface area contributed by atoms with Gasteiger partial charge in [0.25, 0.3) is 0 Å². The maximum Gasteiger partial charge on any atom is 0.338 e. The van der Waals surface area contributed by atoms with E-state index in [-0.39, 0.29) is 23.2 Å². The third-order valence-electron chi connectivity index (χ3n) is 5.98. The number of hydrogen-bond donors (Lipinski definition) is 0. The van der Waals surface area contributed by atoms with Gasteiger partial charge in [0.05, 0.1) is 5.56 Å². The van der Waals surface area contributed by atoms with Crippen LogP contribution in [0.5, 0.6) is 0 Å². The molecule has 0 N–H and O–H groups in total. The number of ether oxygens (including phenoxy) is 1. The van der Waals surface area contributed by atoms with Gasteiger partial charge in [-0.2, -0.15) is 0 Å². The van der Waals surface area contributed by atoms with Crippen molar-refractivity contribution in [2.75, 3.05) is 0 Å². The van der Waals surface area contributed by atoms with Crippen molar-refractivity contribution < 1.29 is 9.53 Å². The Morgan fingerprint density at radius 3 is 2.08 bits per heavy atom. The quantitative estimate of drug-likeness (QED) is 0.707. The van der Waals surface area contributed by atoms with Crippen LogP contribution in [0.2, 0.25) is 0 Å². The van der Waals surface area contributed by atoms with Crippen molar-refractivity contribution in [2.24, 2.45) is 0 Å². The lowest BCUT2D eigenvalue weighted by Crippen LogP contribution is -2.65. The Hall–Kier alpha value is -1.35. The van der Waals surface area contributed by atoms with E-state index in [1.54, 1.807) is 0 Å². The zero-order chi connectivity index (χ0) is 18.1. The van der Waals surface area contributed by atoms with Gasteiger partial charge in [0.2, 0.25) is 0 Å². The molecule has 3 heteroatoms. The SMILES string of the molecule is CC1(C)CC(OC(=O)c2ccccc2)CC(C)(C)N1C1CCCCC1. The van der Waals surface area contributed by atoms with Crippen LogP contribution in [-0.2, 0) is 4.74 Å². The van der Waals surface area contributed by atoms with E-state index in [4.69, 9.17) is 4.74 Å². The minimum absolute atomic E-state index is 0.0162. The fourth-order valence-electron chi connectivity index (χ4n) is 5.41. The molecule has 0 spiro atoms. The van der Waals surface area contributed by atoms with E-state index < -0.39 is 0 Å². The van der Waals surface area contributed by atoms with Crippen LogP contribution in [0, 0.1) is 0 Å². The summed E-state index contributed by atoms with van der Waals surface area (Å²) in [4.78, 5) is 15.2. The zero-order valence-corrected chi connectivity index (χ0v) is 16.3. The Balaban J connectivity index is 1.73. The summed E-state index contributed by atoms with van der Waals surface area (Å²) >= 11 is 0. The first-order valence-electron chi connectivity index (χ1n) is 9.85. The average Bonchev–Trinajstić information content (AvgIpc) is 2.54. The van der Waals surface area contributed by atoms with Gasteiger partial charge in [0.15, 0.2) is 0 Å². The van der Waals surface area contributed by atoms with E-state index >= 15 is 0 Å². The highest BCUT2D eigenvalue weighted by atomic mass is 16.5. The number of hydrogen-bond acceptors (Lipinski definition) is 3. The van der Waals surface area contributed by atoms with Crippen molar-refractivity contribution in [2.45, 2.75) is 95.9 Å². The molecule has 1 saturated heterocycles. The Labute approximate surface area is 152 Å². The van der Waals surface area contributed by atoms with Crippen molar-refractivity contribution in [1.82, 2.24) is 4.90 Å². The minimum Gasteiger partial charge on any atom is -0.459 e. The second-order valence-corrected chi connectivity index (χ2v) is 9.09. The molecule has 0 bridgehead atoms. The van der Waals surface area contributed by atoms with Gasteiger partial charge in [-0.15, -0.1) is 0 Å². The Bertz CT molecular complexity index is 569. The monoisotopic (exact) mass is 343 g/mol. The number of rotatable bonds is 3. The fourth-order valence-corrected chi connectivity index (χ4v) is 5.41. The third-order valence-corrected chi connectivity index (χ3v) is 5.98. The zero-order valence-electron chi connectivity index (χ0n) is 16.3. The summed E-state index contributed by atoms with van der Waals surface area (Å²) in [6.07, 6.45) is 8.49. The number of likely N-dealkylation sites (tertiary alicyclic amines) is 1. The molecule has 3 nitrogen and oxygen atoms in total. The molecule has 3 rings (SSSR count). The number of esters is 1. The lowest BCUT2D eigenvalue weighted by atomic mass is 9.75. The van der Waals surface area contributed by atoms with Crippen LogP contribution >= 0.6 is 0 Å². The first-order valence-corrected chi connectivity index (χ1v) is 9.85. The second-order valence-electron chi connectivity index (χ2n) is 9.09. The summed E-state index contributed by atoms with van der Waals surface area (Å²) in [6, 6.07) is 10.0. The molecule has 25 heavy (non-hydrogen) atoms. The molecule has 2 aliphatic rings. The molecule has 1 aliphatic heterocycles. The van der Waals surface area contributed by atoms with Crippen LogP contribution in [0.25, 0.3) is 0 Å². The summed E-state index contributed by atoms with van der Waals surface area (Å²) in [5.41, 5.74) is 0.740. The van der Waals surface area contributed by atoms with Crippen LogP contribution in [-0.4, -0.2) is 34.1 Å². The van der Waals surface area contributed by atoms with Crippen LogP contribution in [0.1, 0.15) is 83.0 Å². The van der Waals surface area contributed by atoms with Gasteiger partial charge >= 0.3 is 5.97 Å². The molecule has 1 saturated carbocycles. The summed E-state index contributed by atoms with van der Waals surface area (Å²) in [5, 5.41) is 0. The van der Waals surface area contributed by atoms with E-state index in [0.717, 1.165) is 12.8 Å². The van der Waals surface area contributed by atoms with Crippen molar-refractivity contribution >= 4 is 5.97 Å². The highest BCUT2D eigenvalue weighted by Crippen LogP contribution is 2.44. The smallest absolute Gasteiger partial charge is 0.338 e.